The van der Waals surface area contributed by atoms with Crippen LogP contribution >= 0.6 is 0 Å². The first-order valence-corrected chi connectivity index (χ1v) is 3.80. The van der Waals surface area contributed by atoms with Crippen LogP contribution in [-0.4, -0.2) is 19.7 Å². The second-order valence-corrected chi connectivity index (χ2v) is 2.57. The molecule has 1 aromatic carbocycles. The van der Waals surface area contributed by atoms with Crippen molar-refractivity contribution in [3.05, 3.63) is 23.8 Å². The zero-order valence-corrected chi connectivity index (χ0v) is 7.05. The van der Waals surface area contributed by atoms with Gasteiger partial charge >= 0.3 is 0 Å². The molecule has 1 atom stereocenters. The van der Waals surface area contributed by atoms with Crippen LogP contribution in [0.15, 0.2) is 18.2 Å². The van der Waals surface area contributed by atoms with Crippen LogP contribution in [0.4, 0.5) is 0 Å². The predicted octanol–water partition coefficient (Wildman–Crippen LogP) is 1.57. The molecule has 1 aromatic rings. The summed E-state index contributed by atoms with van der Waals surface area (Å²) in [7, 11) is 0. The van der Waals surface area contributed by atoms with E-state index in [2.05, 4.69) is 0 Å². The molecule has 0 fully saturated rings. The van der Waals surface area contributed by atoms with Crippen LogP contribution in [-0.2, 0) is 6.37 Å². The van der Waals surface area contributed by atoms with Crippen molar-refractivity contribution in [1.29, 1.82) is 0 Å². The van der Waals surface area contributed by atoms with E-state index >= 15 is 0 Å². The molecule has 1 heterocycles. The highest BCUT2D eigenvalue weighted by molar-refractivity contribution is 5.44. The van der Waals surface area contributed by atoms with Gasteiger partial charge in [-0.15, -0.1) is 0 Å². The van der Waals surface area contributed by atoms with E-state index in [1.54, 1.807) is 5.32 Å². The lowest BCUT2D eigenvalue weighted by atomic mass is 10.1. The molecule has 3 heteroatoms. The maximum absolute atomic E-state index is 8.13. The highest BCUT2D eigenvalue weighted by Crippen LogP contribution is 2.32. The molecule has 2 rings (SSSR count). The largest absolute Gasteiger partial charge is 0.454 e. The lowest BCUT2D eigenvalue weighted by Gasteiger charge is -2.09. The van der Waals surface area contributed by atoms with E-state index in [0.29, 0.717) is 0 Å². The van der Waals surface area contributed by atoms with Crippen molar-refractivity contribution < 1.29 is 24.6 Å². The highest BCUT2D eigenvalue weighted by Gasteiger charge is 2.13. The first kappa shape index (κ1) is 2.89. The fourth-order valence-electron chi connectivity index (χ4n) is 1.04. The van der Waals surface area contributed by atoms with Gasteiger partial charge in [-0.2, -0.15) is 0 Å². The Morgan fingerprint density at radius 1 is 1.71 bits per heavy atom. The molecule has 76 valence electrons. The SMILES string of the molecule is [2H]C([2H])([2H])NC([2H])(C([2H])([2H])[2H])C([2H])([2H])c1ccc2c(c1)OC([2H])([2H])O2. The molecule has 1 aliphatic rings. The van der Waals surface area contributed by atoms with Crippen LogP contribution in [0.2, 0.25) is 0 Å². The van der Waals surface area contributed by atoms with E-state index in [4.69, 9.17) is 24.6 Å². The van der Waals surface area contributed by atoms with Gasteiger partial charge in [-0.25, -0.2) is 0 Å². The van der Waals surface area contributed by atoms with Gasteiger partial charge in [-0.3, -0.25) is 0 Å². The maximum atomic E-state index is 8.13. The molecule has 0 bridgehead atoms. The molecule has 3 nitrogen and oxygen atoms in total. The summed E-state index contributed by atoms with van der Waals surface area (Å²) in [6, 6.07) is 0.0107. The van der Waals surface area contributed by atoms with Crippen LogP contribution in [0.25, 0.3) is 0 Å². The van der Waals surface area contributed by atoms with Gasteiger partial charge in [0.15, 0.2) is 11.5 Å². The summed E-state index contributed by atoms with van der Waals surface area (Å²) in [6.07, 6.45) is -3.00. The summed E-state index contributed by atoms with van der Waals surface area (Å²) in [5.41, 5.74) is -0.379. The quantitative estimate of drug-likeness (QED) is 0.810. The number of benzene rings is 1. The van der Waals surface area contributed by atoms with Gasteiger partial charge in [0.2, 0.25) is 6.75 Å². The second-order valence-electron chi connectivity index (χ2n) is 2.57. The summed E-state index contributed by atoms with van der Waals surface area (Å²) in [4.78, 5) is 0. The normalized spacial score (nSPS) is 35.9. The Morgan fingerprint density at radius 3 is 3.50 bits per heavy atom. The monoisotopic (exact) mass is 204 g/mol. The minimum Gasteiger partial charge on any atom is -0.454 e. The van der Waals surface area contributed by atoms with Crippen LogP contribution in [0.3, 0.4) is 0 Å². The predicted molar refractivity (Wildman–Crippen MR) is 54.8 cm³/mol. The van der Waals surface area contributed by atoms with Crippen molar-refractivity contribution in [3.8, 4) is 11.5 Å². The smallest absolute Gasteiger partial charge is 0.231 e. The van der Waals surface area contributed by atoms with E-state index in [9.17, 15) is 0 Å². The number of fused-ring (bicyclic) bond motifs is 1. The molecule has 14 heavy (non-hydrogen) atoms. The van der Waals surface area contributed by atoms with Gasteiger partial charge < -0.3 is 14.8 Å². The standard InChI is InChI=1S/C11H15NO2/c1-8(12-2)5-9-3-4-10-11(6-9)14-7-13-10/h3-4,6,8,12H,5,7H2,1-2H3/i1D3,2D3,5D2,7D2,8D. The zero-order valence-electron chi connectivity index (χ0n) is 18.0. The molecule has 0 aromatic heterocycles. The lowest BCUT2D eigenvalue weighted by molar-refractivity contribution is 0.174. The van der Waals surface area contributed by atoms with Crippen molar-refractivity contribution in [2.24, 2.45) is 0 Å². The summed E-state index contributed by atoms with van der Waals surface area (Å²) >= 11 is 0. The second kappa shape index (κ2) is 3.88. The fraction of sp³-hybridized carbons (Fsp3) is 0.455. The first-order chi connectivity index (χ1) is 11.0. The van der Waals surface area contributed by atoms with E-state index < -0.39 is 33.0 Å². The molecular formula is C11H15NO2. The number of ether oxygens (including phenoxy) is 2. The van der Waals surface area contributed by atoms with E-state index in [0.717, 1.165) is 18.2 Å². The average Bonchev–Trinajstić information content (AvgIpc) is 2.67. The van der Waals surface area contributed by atoms with Crippen LogP contribution in [0.5, 0.6) is 11.5 Å². The highest BCUT2D eigenvalue weighted by atomic mass is 16.7. The Kier molecular flexibility index (Phi) is 0.801. The molecule has 0 amide bonds. The van der Waals surface area contributed by atoms with E-state index in [1.165, 1.54) is 0 Å². The minimum atomic E-state index is -3.34. The van der Waals surface area contributed by atoms with Crippen LogP contribution < -0.4 is 14.8 Å². The number of hydrogen-bond donors (Lipinski definition) is 1. The number of nitrogens with one attached hydrogen (secondary N) is 1. The minimum absolute atomic E-state index is 0.0298. The van der Waals surface area contributed by atoms with Crippen molar-refractivity contribution in [2.75, 3.05) is 13.7 Å². The fourth-order valence-corrected chi connectivity index (χ4v) is 1.04. The number of likely N-dealkylation sites (N-methyl/N-ethyl adjacent to an activating group) is 1. The molecule has 1 unspecified atom stereocenters. The van der Waals surface area contributed by atoms with Gasteiger partial charge in [0.25, 0.3) is 0 Å². The van der Waals surface area contributed by atoms with Gasteiger partial charge in [-0.05, 0) is 37.9 Å². The van der Waals surface area contributed by atoms with Gasteiger partial charge in [0.05, 0.1) is 0 Å². The van der Waals surface area contributed by atoms with Crippen LogP contribution in [0, 0.1) is 0 Å². The summed E-state index contributed by atoms with van der Waals surface area (Å²) in [5, 5.41) is 1.58. The Labute approximate surface area is 99.5 Å². The Balaban J connectivity index is 2.52. The van der Waals surface area contributed by atoms with Crippen molar-refractivity contribution in [3.63, 3.8) is 0 Å². The number of hydrogen-bond acceptors (Lipinski definition) is 3. The molecule has 0 aliphatic carbocycles. The molecule has 1 aliphatic heterocycles. The molecular weight excluding hydrogens is 178 g/mol. The third-order valence-electron chi connectivity index (χ3n) is 1.64. The summed E-state index contributed by atoms with van der Waals surface area (Å²) < 4.78 is 92.6. The van der Waals surface area contributed by atoms with Crippen molar-refractivity contribution in [2.45, 2.75) is 19.2 Å². The van der Waals surface area contributed by atoms with Gasteiger partial charge in [0, 0.05) is 18.4 Å². The number of rotatable bonds is 3. The molecule has 0 spiro atoms. The van der Waals surface area contributed by atoms with Gasteiger partial charge in [0.1, 0.15) is 2.74 Å². The molecule has 0 saturated heterocycles. The molecule has 0 radical (unpaired) electrons. The lowest BCUT2D eigenvalue weighted by Crippen LogP contribution is -2.23. The summed E-state index contributed by atoms with van der Waals surface area (Å²) in [6.45, 7) is -8.89. The molecule has 0 saturated carbocycles. The van der Waals surface area contributed by atoms with Gasteiger partial charge in [-0.1, -0.05) is 6.07 Å². The first-order valence-electron chi connectivity index (χ1n) is 9.30. The third-order valence-corrected chi connectivity index (χ3v) is 1.64. The van der Waals surface area contributed by atoms with E-state index in [1.807, 2.05) is 0 Å². The Bertz CT molecular complexity index is 669. The summed E-state index contributed by atoms with van der Waals surface area (Å²) in [5.74, 6) is -0.217. The van der Waals surface area contributed by atoms with E-state index in [-0.39, 0.29) is 17.1 Å². The van der Waals surface area contributed by atoms with Crippen LogP contribution in [0.1, 0.15) is 27.5 Å². The maximum Gasteiger partial charge on any atom is 0.231 e. The average molecular weight is 204 g/mol. The zero-order chi connectivity index (χ0) is 19.5. The topological polar surface area (TPSA) is 30.5 Å². The Morgan fingerprint density at radius 2 is 2.64 bits per heavy atom. The van der Waals surface area contributed by atoms with Crippen molar-refractivity contribution in [1.82, 2.24) is 5.32 Å². The third kappa shape index (κ3) is 1.82. The van der Waals surface area contributed by atoms with Crippen molar-refractivity contribution >= 4 is 0 Å². The Hall–Kier alpha value is -1.22. The molecule has 1 N–H and O–H groups in total.